The molecule has 0 aliphatic carbocycles. The van der Waals surface area contributed by atoms with E-state index in [2.05, 4.69) is 0 Å². The number of rotatable bonds is 4. The molecular formula is C11H17NO5. The smallest absolute Gasteiger partial charge is 0.333 e. The van der Waals surface area contributed by atoms with Gasteiger partial charge in [0.05, 0.1) is 18.8 Å². The van der Waals surface area contributed by atoms with Gasteiger partial charge in [0.2, 0.25) is 0 Å². The Bertz CT molecular complexity index is 344. The van der Waals surface area contributed by atoms with E-state index >= 15 is 0 Å². The molecule has 0 aromatic carbocycles. The molecule has 0 aromatic heterocycles. The average Bonchev–Trinajstić information content (AvgIpc) is 2.29. The Morgan fingerprint density at radius 3 is 2.12 bits per heavy atom. The molecule has 1 aliphatic heterocycles. The number of hydrogen-bond acceptors (Lipinski definition) is 4. The lowest BCUT2D eigenvalue weighted by atomic mass is 10.0. The molecule has 0 spiro atoms. The first-order chi connectivity index (χ1) is 7.95. The van der Waals surface area contributed by atoms with Crippen LogP contribution >= 0.6 is 0 Å². The van der Waals surface area contributed by atoms with Gasteiger partial charge >= 0.3 is 11.9 Å². The van der Waals surface area contributed by atoms with Gasteiger partial charge < -0.3 is 14.9 Å². The van der Waals surface area contributed by atoms with Crippen LogP contribution in [0.15, 0.2) is 11.1 Å². The van der Waals surface area contributed by atoms with E-state index in [1.807, 2.05) is 4.90 Å². The fourth-order valence-electron chi connectivity index (χ4n) is 1.91. The highest BCUT2D eigenvalue weighted by molar-refractivity contribution is 5.99. The second-order valence-corrected chi connectivity index (χ2v) is 3.97. The summed E-state index contributed by atoms with van der Waals surface area (Å²) in [6.45, 7) is 5.35. The third-order valence-corrected chi connectivity index (χ3v) is 2.97. The maximum Gasteiger partial charge on any atom is 0.333 e. The molecule has 17 heavy (non-hydrogen) atoms. The summed E-state index contributed by atoms with van der Waals surface area (Å²) < 4.78 is 5.18. The van der Waals surface area contributed by atoms with Gasteiger partial charge in [-0.1, -0.05) is 0 Å². The number of carbonyl (C=O) groups is 2. The summed E-state index contributed by atoms with van der Waals surface area (Å²) in [5, 5.41) is 18.0. The minimum Gasteiger partial charge on any atom is -0.478 e. The Kier molecular flexibility index (Phi) is 4.65. The van der Waals surface area contributed by atoms with E-state index in [1.165, 1.54) is 6.92 Å². The third kappa shape index (κ3) is 3.28. The van der Waals surface area contributed by atoms with Gasteiger partial charge in [0.15, 0.2) is 0 Å². The molecule has 96 valence electrons. The van der Waals surface area contributed by atoms with Gasteiger partial charge in [-0.3, -0.25) is 4.90 Å². The maximum atomic E-state index is 11.2. The molecule has 0 aromatic rings. The van der Waals surface area contributed by atoms with Gasteiger partial charge in [-0.2, -0.15) is 0 Å². The molecule has 6 heteroatoms. The third-order valence-electron chi connectivity index (χ3n) is 2.97. The number of carboxylic acid groups (broad SMARTS) is 2. The van der Waals surface area contributed by atoms with Crippen molar-refractivity contribution in [2.45, 2.75) is 19.9 Å². The standard InChI is InChI=1S/C11H17NO5/c1-7(10(13)14)9(11(15)16)8(2)12-3-5-17-6-4-12/h8H,3-6H2,1-2H3,(H,13,14)(H,15,16)/b9-7+. The molecule has 1 unspecified atom stereocenters. The van der Waals surface area contributed by atoms with E-state index in [9.17, 15) is 9.59 Å². The van der Waals surface area contributed by atoms with Crippen LogP contribution in [0.25, 0.3) is 0 Å². The molecule has 1 heterocycles. The van der Waals surface area contributed by atoms with Crippen molar-refractivity contribution in [3.05, 3.63) is 11.1 Å². The van der Waals surface area contributed by atoms with E-state index in [0.29, 0.717) is 26.3 Å². The largest absolute Gasteiger partial charge is 0.478 e. The summed E-state index contributed by atoms with van der Waals surface area (Å²) in [4.78, 5) is 23.9. The number of ether oxygens (including phenoxy) is 1. The van der Waals surface area contributed by atoms with Crippen LogP contribution in [-0.4, -0.2) is 59.4 Å². The van der Waals surface area contributed by atoms with Crippen molar-refractivity contribution >= 4 is 11.9 Å². The Morgan fingerprint density at radius 2 is 1.71 bits per heavy atom. The van der Waals surface area contributed by atoms with Crippen LogP contribution in [0.5, 0.6) is 0 Å². The van der Waals surface area contributed by atoms with Crippen LogP contribution in [-0.2, 0) is 14.3 Å². The van der Waals surface area contributed by atoms with E-state index in [-0.39, 0.29) is 11.1 Å². The first kappa shape index (κ1) is 13.7. The Hall–Kier alpha value is -1.40. The SMILES string of the molecule is C/C(C(=O)O)=C(\C(=O)O)C(C)N1CCOCC1. The van der Waals surface area contributed by atoms with Gasteiger partial charge in [0, 0.05) is 24.7 Å². The number of morpholine rings is 1. The molecule has 2 N–H and O–H groups in total. The lowest BCUT2D eigenvalue weighted by molar-refractivity contribution is -0.136. The summed E-state index contributed by atoms with van der Waals surface area (Å²) in [6, 6.07) is -0.424. The zero-order valence-electron chi connectivity index (χ0n) is 9.97. The van der Waals surface area contributed by atoms with Crippen molar-refractivity contribution in [1.29, 1.82) is 0 Å². The number of nitrogens with zero attached hydrogens (tertiary/aromatic N) is 1. The van der Waals surface area contributed by atoms with Gasteiger partial charge in [0.25, 0.3) is 0 Å². The van der Waals surface area contributed by atoms with Crippen molar-refractivity contribution in [1.82, 2.24) is 4.90 Å². The normalized spacial score (nSPS) is 20.6. The average molecular weight is 243 g/mol. The summed E-state index contributed by atoms with van der Waals surface area (Å²) >= 11 is 0. The molecule has 0 amide bonds. The van der Waals surface area contributed by atoms with Gasteiger partial charge in [-0.25, -0.2) is 9.59 Å². The van der Waals surface area contributed by atoms with Crippen molar-refractivity contribution < 1.29 is 24.5 Å². The first-order valence-electron chi connectivity index (χ1n) is 5.44. The van der Waals surface area contributed by atoms with Crippen molar-refractivity contribution in [2.75, 3.05) is 26.3 Å². The van der Waals surface area contributed by atoms with Gasteiger partial charge in [0.1, 0.15) is 0 Å². The fraction of sp³-hybridized carbons (Fsp3) is 0.636. The summed E-state index contributed by atoms with van der Waals surface area (Å²) in [5.41, 5.74) is -0.170. The van der Waals surface area contributed by atoms with Crippen LogP contribution in [0.2, 0.25) is 0 Å². The van der Waals surface area contributed by atoms with E-state index in [0.717, 1.165) is 0 Å². The van der Waals surface area contributed by atoms with Crippen LogP contribution in [0.1, 0.15) is 13.8 Å². The predicted octanol–water partition coefficient (Wildman–Crippen LogP) is 0.193. The van der Waals surface area contributed by atoms with E-state index in [4.69, 9.17) is 14.9 Å². The molecule has 1 saturated heterocycles. The van der Waals surface area contributed by atoms with Crippen molar-refractivity contribution in [3.8, 4) is 0 Å². The minimum atomic E-state index is -1.19. The highest BCUT2D eigenvalue weighted by Crippen LogP contribution is 2.17. The molecule has 1 fully saturated rings. The second-order valence-electron chi connectivity index (χ2n) is 3.97. The predicted molar refractivity (Wildman–Crippen MR) is 59.8 cm³/mol. The molecule has 0 radical (unpaired) electrons. The molecule has 0 saturated carbocycles. The first-order valence-corrected chi connectivity index (χ1v) is 5.44. The van der Waals surface area contributed by atoms with Crippen LogP contribution in [0, 0.1) is 0 Å². The second kappa shape index (κ2) is 5.79. The topological polar surface area (TPSA) is 87.1 Å². The van der Waals surface area contributed by atoms with Crippen LogP contribution < -0.4 is 0 Å². The summed E-state index contributed by atoms with van der Waals surface area (Å²) in [6.07, 6.45) is 0. The van der Waals surface area contributed by atoms with Gasteiger partial charge in [-0.05, 0) is 13.8 Å². The number of hydrogen-bond donors (Lipinski definition) is 2. The lowest BCUT2D eigenvalue weighted by Gasteiger charge is -2.32. The van der Waals surface area contributed by atoms with Gasteiger partial charge in [-0.15, -0.1) is 0 Å². The Labute approximate surface area is 99.5 Å². The van der Waals surface area contributed by atoms with E-state index < -0.39 is 18.0 Å². The highest BCUT2D eigenvalue weighted by Gasteiger charge is 2.27. The lowest BCUT2D eigenvalue weighted by Crippen LogP contribution is -2.44. The van der Waals surface area contributed by atoms with Crippen LogP contribution in [0.3, 0.4) is 0 Å². The molecule has 0 bridgehead atoms. The number of aliphatic carboxylic acids is 2. The summed E-state index contributed by atoms with van der Waals surface area (Å²) in [7, 11) is 0. The fourth-order valence-corrected chi connectivity index (χ4v) is 1.91. The zero-order chi connectivity index (χ0) is 13.0. The molecule has 1 atom stereocenters. The molecular weight excluding hydrogens is 226 g/mol. The van der Waals surface area contributed by atoms with Crippen molar-refractivity contribution in [2.24, 2.45) is 0 Å². The quantitative estimate of drug-likeness (QED) is 0.685. The highest BCUT2D eigenvalue weighted by atomic mass is 16.5. The molecule has 6 nitrogen and oxygen atoms in total. The maximum absolute atomic E-state index is 11.2. The molecule has 1 rings (SSSR count). The zero-order valence-corrected chi connectivity index (χ0v) is 9.97. The monoisotopic (exact) mass is 243 g/mol. The molecule has 1 aliphatic rings. The van der Waals surface area contributed by atoms with Crippen LogP contribution in [0.4, 0.5) is 0 Å². The Morgan fingerprint density at radius 1 is 1.18 bits per heavy atom. The van der Waals surface area contributed by atoms with E-state index in [1.54, 1.807) is 6.92 Å². The minimum absolute atomic E-state index is 0.0561. The number of carboxylic acids is 2. The van der Waals surface area contributed by atoms with Crippen molar-refractivity contribution in [3.63, 3.8) is 0 Å². The Balaban J connectivity index is 2.94. The summed E-state index contributed by atoms with van der Waals surface area (Å²) in [5.74, 6) is -2.37.